The van der Waals surface area contributed by atoms with Gasteiger partial charge in [-0.1, -0.05) is 29.8 Å². The summed E-state index contributed by atoms with van der Waals surface area (Å²) in [5, 5.41) is 11.4. The van der Waals surface area contributed by atoms with Crippen LogP contribution in [0.3, 0.4) is 0 Å². The number of nitrogens with one attached hydrogen (secondary N) is 3. The van der Waals surface area contributed by atoms with Crippen LogP contribution in [0.15, 0.2) is 54.7 Å². The number of imidazole rings is 2. The molecule has 0 bridgehead atoms. The highest BCUT2D eigenvalue weighted by Crippen LogP contribution is 2.32. The Labute approximate surface area is 212 Å². The Morgan fingerprint density at radius 1 is 1.14 bits per heavy atom. The van der Waals surface area contributed by atoms with Gasteiger partial charge in [-0.15, -0.1) is 0 Å². The van der Waals surface area contributed by atoms with Crippen molar-refractivity contribution in [2.45, 2.75) is 12.8 Å². The molecule has 1 fully saturated rings. The fraction of sp³-hybridized carbons (Fsp3) is 0.269. The van der Waals surface area contributed by atoms with E-state index < -0.39 is 5.82 Å². The smallest absolute Gasteiger partial charge is 0.205 e. The molecule has 184 valence electrons. The number of fused-ring (bicyclic) bond motifs is 2. The molecule has 0 spiro atoms. The molecule has 0 saturated carbocycles. The zero-order chi connectivity index (χ0) is 24.6. The van der Waals surface area contributed by atoms with Crippen molar-refractivity contribution in [1.82, 2.24) is 29.5 Å². The van der Waals surface area contributed by atoms with Gasteiger partial charge in [0.2, 0.25) is 5.95 Å². The van der Waals surface area contributed by atoms with E-state index in [4.69, 9.17) is 11.6 Å². The molecule has 0 unspecified atom stereocenters. The summed E-state index contributed by atoms with van der Waals surface area (Å²) in [5.41, 5.74) is 3.95. The van der Waals surface area contributed by atoms with Crippen molar-refractivity contribution in [3.8, 4) is 11.3 Å². The van der Waals surface area contributed by atoms with E-state index in [2.05, 4.69) is 42.6 Å². The molecule has 4 heterocycles. The number of likely N-dealkylation sites (tertiary alicyclic amines) is 1. The quantitative estimate of drug-likeness (QED) is 0.280. The van der Waals surface area contributed by atoms with E-state index in [1.165, 1.54) is 0 Å². The number of aromatic amines is 1. The average Bonchev–Trinajstić information content (AvgIpc) is 3.49. The van der Waals surface area contributed by atoms with Crippen LogP contribution in [0.2, 0.25) is 5.15 Å². The SMILES string of the molecule is CN1CCC(CNc2cc(Cl)nn3c(-c4ccc5[nH]c(Nc6ccccc6)nc5c4F)cnc23)CC1. The number of rotatable bonds is 6. The molecule has 0 radical (unpaired) electrons. The second-order valence-corrected chi connectivity index (χ2v) is 9.67. The van der Waals surface area contributed by atoms with Gasteiger partial charge in [-0.05, 0) is 63.2 Å². The first kappa shape index (κ1) is 22.8. The van der Waals surface area contributed by atoms with E-state index in [1.807, 2.05) is 30.3 Å². The normalized spacial score (nSPS) is 15.1. The van der Waals surface area contributed by atoms with Gasteiger partial charge in [-0.3, -0.25) is 0 Å². The van der Waals surface area contributed by atoms with Gasteiger partial charge in [0.25, 0.3) is 0 Å². The summed E-state index contributed by atoms with van der Waals surface area (Å²) in [5.74, 6) is 0.599. The van der Waals surface area contributed by atoms with Crippen LogP contribution in [0.25, 0.3) is 27.9 Å². The molecule has 6 rings (SSSR count). The molecule has 8 nitrogen and oxygen atoms in total. The minimum absolute atomic E-state index is 0.239. The molecule has 0 aliphatic carbocycles. The van der Waals surface area contributed by atoms with Crippen LogP contribution in [0.5, 0.6) is 0 Å². The van der Waals surface area contributed by atoms with E-state index in [0.29, 0.717) is 39.4 Å². The van der Waals surface area contributed by atoms with Crippen molar-refractivity contribution in [3.05, 3.63) is 65.7 Å². The number of H-pyrrole nitrogens is 1. The van der Waals surface area contributed by atoms with Crippen LogP contribution in [0.4, 0.5) is 21.7 Å². The van der Waals surface area contributed by atoms with Gasteiger partial charge in [0.1, 0.15) is 5.52 Å². The largest absolute Gasteiger partial charge is 0.382 e. The zero-order valence-electron chi connectivity index (χ0n) is 19.8. The lowest BCUT2D eigenvalue weighted by Gasteiger charge is -2.29. The number of anilines is 3. The third-order valence-electron chi connectivity index (χ3n) is 6.76. The third kappa shape index (κ3) is 4.36. The molecule has 0 atom stereocenters. The molecule has 10 heteroatoms. The number of piperidine rings is 1. The summed E-state index contributed by atoms with van der Waals surface area (Å²) in [6.07, 6.45) is 3.92. The fourth-order valence-electron chi connectivity index (χ4n) is 4.73. The molecule has 5 aromatic rings. The Bertz CT molecular complexity index is 1520. The van der Waals surface area contributed by atoms with Gasteiger partial charge in [-0.2, -0.15) is 5.10 Å². The van der Waals surface area contributed by atoms with Gasteiger partial charge in [0.15, 0.2) is 16.6 Å². The molecule has 1 aliphatic rings. The number of hydrogen-bond donors (Lipinski definition) is 3. The number of hydrogen-bond acceptors (Lipinski definition) is 6. The summed E-state index contributed by atoms with van der Waals surface area (Å²) in [7, 11) is 2.15. The van der Waals surface area contributed by atoms with Crippen molar-refractivity contribution in [2.24, 2.45) is 5.92 Å². The first-order valence-electron chi connectivity index (χ1n) is 12.0. The Hall–Kier alpha value is -3.69. The van der Waals surface area contributed by atoms with Crippen molar-refractivity contribution < 1.29 is 4.39 Å². The maximum absolute atomic E-state index is 15.7. The van der Waals surface area contributed by atoms with Crippen molar-refractivity contribution in [1.29, 1.82) is 0 Å². The molecular formula is C26H26ClFN8. The van der Waals surface area contributed by atoms with Crippen LogP contribution in [-0.2, 0) is 0 Å². The lowest BCUT2D eigenvalue weighted by atomic mass is 9.97. The van der Waals surface area contributed by atoms with Crippen LogP contribution in [-0.4, -0.2) is 56.1 Å². The third-order valence-corrected chi connectivity index (χ3v) is 6.95. The van der Waals surface area contributed by atoms with Crippen LogP contribution < -0.4 is 10.6 Å². The molecule has 1 saturated heterocycles. The van der Waals surface area contributed by atoms with E-state index in [0.717, 1.165) is 43.9 Å². The van der Waals surface area contributed by atoms with Crippen LogP contribution in [0, 0.1) is 11.7 Å². The summed E-state index contributed by atoms with van der Waals surface area (Å²) in [6, 6.07) is 14.9. The summed E-state index contributed by atoms with van der Waals surface area (Å²) < 4.78 is 17.3. The topological polar surface area (TPSA) is 86.2 Å². The highest BCUT2D eigenvalue weighted by atomic mass is 35.5. The molecule has 36 heavy (non-hydrogen) atoms. The lowest BCUT2D eigenvalue weighted by Crippen LogP contribution is -2.33. The molecule has 0 amide bonds. The number of halogens is 2. The maximum atomic E-state index is 15.7. The number of nitrogens with zero attached hydrogens (tertiary/aromatic N) is 5. The highest BCUT2D eigenvalue weighted by Gasteiger charge is 2.20. The van der Waals surface area contributed by atoms with Crippen molar-refractivity contribution in [2.75, 3.05) is 37.3 Å². The second-order valence-electron chi connectivity index (χ2n) is 9.29. The fourth-order valence-corrected chi connectivity index (χ4v) is 4.91. The van der Waals surface area contributed by atoms with E-state index in [1.54, 1.807) is 28.9 Å². The summed E-state index contributed by atoms with van der Waals surface area (Å²) in [4.78, 5) is 14.5. The van der Waals surface area contributed by atoms with E-state index in [-0.39, 0.29) is 5.52 Å². The van der Waals surface area contributed by atoms with Gasteiger partial charge >= 0.3 is 0 Å². The molecule has 3 N–H and O–H groups in total. The Kier molecular flexibility index (Phi) is 5.94. The first-order valence-corrected chi connectivity index (χ1v) is 12.4. The Balaban J connectivity index is 1.31. The Morgan fingerprint density at radius 2 is 1.94 bits per heavy atom. The van der Waals surface area contributed by atoms with E-state index >= 15 is 4.39 Å². The monoisotopic (exact) mass is 504 g/mol. The number of benzene rings is 2. The van der Waals surface area contributed by atoms with Gasteiger partial charge in [0, 0.05) is 23.9 Å². The molecule has 1 aliphatic heterocycles. The van der Waals surface area contributed by atoms with Gasteiger partial charge in [0.05, 0.1) is 23.1 Å². The highest BCUT2D eigenvalue weighted by molar-refractivity contribution is 6.29. The van der Waals surface area contributed by atoms with Gasteiger partial charge < -0.3 is 20.5 Å². The van der Waals surface area contributed by atoms with Crippen molar-refractivity contribution in [3.63, 3.8) is 0 Å². The minimum Gasteiger partial charge on any atom is -0.382 e. The summed E-state index contributed by atoms with van der Waals surface area (Å²) >= 11 is 6.37. The molecule has 2 aromatic carbocycles. The Morgan fingerprint density at radius 3 is 2.75 bits per heavy atom. The average molecular weight is 505 g/mol. The maximum Gasteiger partial charge on any atom is 0.205 e. The van der Waals surface area contributed by atoms with Crippen molar-refractivity contribution >= 4 is 45.6 Å². The standard InChI is InChI=1S/C26H26ClFN8/c1-35-11-9-16(10-12-35)14-29-20-13-22(27)34-36-21(15-30-25(20)36)18-7-8-19-24(23(18)28)33-26(32-19)31-17-5-3-2-4-6-17/h2-8,13,15-16,29H,9-12,14H2,1H3,(H2,31,32,33). The van der Waals surface area contributed by atoms with Gasteiger partial charge in [-0.25, -0.2) is 18.9 Å². The first-order chi connectivity index (χ1) is 17.5. The number of aromatic nitrogens is 5. The predicted molar refractivity (Wildman–Crippen MR) is 141 cm³/mol. The predicted octanol–water partition coefficient (Wildman–Crippen LogP) is 5.56. The van der Waals surface area contributed by atoms with Crippen LogP contribution >= 0.6 is 11.6 Å². The van der Waals surface area contributed by atoms with E-state index in [9.17, 15) is 0 Å². The van der Waals surface area contributed by atoms with Crippen LogP contribution in [0.1, 0.15) is 12.8 Å². The lowest BCUT2D eigenvalue weighted by molar-refractivity contribution is 0.226. The molecule has 3 aromatic heterocycles. The minimum atomic E-state index is -0.450. The second kappa shape index (κ2) is 9.40. The number of para-hydroxylation sites is 1. The zero-order valence-corrected chi connectivity index (χ0v) is 20.6. The molecular weight excluding hydrogens is 479 g/mol. The summed E-state index contributed by atoms with van der Waals surface area (Å²) in [6.45, 7) is 3.03.